The van der Waals surface area contributed by atoms with Gasteiger partial charge in [-0.25, -0.2) is 18.2 Å². The summed E-state index contributed by atoms with van der Waals surface area (Å²) in [5.41, 5.74) is 0.269. The molecule has 1 amide bonds. The van der Waals surface area contributed by atoms with Crippen molar-refractivity contribution in [3.63, 3.8) is 0 Å². The summed E-state index contributed by atoms with van der Waals surface area (Å²) in [6.07, 6.45) is 3.67. The van der Waals surface area contributed by atoms with Gasteiger partial charge in [0.2, 0.25) is 10.0 Å². The Bertz CT molecular complexity index is 1350. The maximum atomic E-state index is 13.1. The molecule has 182 valence electrons. The third-order valence-electron chi connectivity index (χ3n) is 6.21. The van der Waals surface area contributed by atoms with Crippen LogP contribution in [0.3, 0.4) is 0 Å². The van der Waals surface area contributed by atoms with Crippen molar-refractivity contribution in [3.05, 3.63) is 66.4 Å². The molecule has 1 N–H and O–H groups in total. The molecule has 1 aliphatic carbocycles. The number of piperazine rings is 1. The first-order valence-corrected chi connectivity index (χ1v) is 13.0. The summed E-state index contributed by atoms with van der Waals surface area (Å²) in [5, 5.41) is 5.06. The molecule has 1 aliphatic heterocycles. The molecular formula is C25H26N4O5S. The quantitative estimate of drug-likeness (QED) is 0.503. The highest BCUT2D eigenvalue weighted by atomic mass is 32.2. The highest BCUT2D eigenvalue weighted by Crippen LogP contribution is 2.24. The number of anilines is 1. The third-order valence-corrected chi connectivity index (χ3v) is 8.10. The standard InChI is InChI=1S/C25H26N4O5S/c30-24(17-34-25(31)20-6-10-23(26-16-20)27-21-7-8-21)28-11-13-29(14-12-28)35(32,33)22-9-5-18-3-1-2-4-19(18)15-22/h1-6,9-10,15-16,21H,7-8,11-14,17H2,(H,26,27). The molecule has 2 aromatic carbocycles. The van der Waals surface area contributed by atoms with Crippen LogP contribution in [0.25, 0.3) is 10.8 Å². The van der Waals surface area contributed by atoms with Crippen LogP contribution in [0.1, 0.15) is 23.2 Å². The minimum Gasteiger partial charge on any atom is -0.452 e. The van der Waals surface area contributed by atoms with E-state index in [9.17, 15) is 18.0 Å². The third kappa shape index (κ3) is 5.28. The molecular weight excluding hydrogens is 468 g/mol. The fourth-order valence-corrected chi connectivity index (χ4v) is 5.45. The van der Waals surface area contributed by atoms with Gasteiger partial charge >= 0.3 is 5.97 Å². The van der Waals surface area contributed by atoms with E-state index in [1.807, 2.05) is 24.3 Å². The van der Waals surface area contributed by atoms with Crippen LogP contribution in [-0.4, -0.2) is 73.3 Å². The number of carbonyl (C=O) groups is 2. The van der Waals surface area contributed by atoms with Crippen LogP contribution in [0.4, 0.5) is 5.82 Å². The molecule has 0 bridgehead atoms. The topological polar surface area (TPSA) is 109 Å². The van der Waals surface area contributed by atoms with Gasteiger partial charge in [-0.05, 0) is 47.9 Å². The summed E-state index contributed by atoms with van der Waals surface area (Å²) in [6, 6.07) is 16.4. The van der Waals surface area contributed by atoms with Crippen molar-refractivity contribution in [1.29, 1.82) is 0 Å². The summed E-state index contributed by atoms with van der Waals surface area (Å²) < 4.78 is 32.8. The van der Waals surface area contributed by atoms with Crippen molar-refractivity contribution in [2.24, 2.45) is 0 Å². The number of amides is 1. The summed E-state index contributed by atoms with van der Waals surface area (Å²) in [6.45, 7) is 0.402. The number of esters is 1. The van der Waals surface area contributed by atoms with Crippen molar-refractivity contribution < 1.29 is 22.7 Å². The van der Waals surface area contributed by atoms with Gasteiger partial charge in [0.25, 0.3) is 5.91 Å². The predicted molar refractivity (Wildman–Crippen MR) is 130 cm³/mol. The van der Waals surface area contributed by atoms with Crippen molar-refractivity contribution in [1.82, 2.24) is 14.2 Å². The zero-order chi connectivity index (χ0) is 24.4. The number of carbonyl (C=O) groups excluding carboxylic acids is 2. The van der Waals surface area contributed by atoms with E-state index < -0.39 is 22.6 Å². The van der Waals surface area contributed by atoms with Gasteiger partial charge < -0.3 is 15.0 Å². The van der Waals surface area contributed by atoms with E-state index in [0.29, 0.717) is 11.9 Å². The first-order valence-electron chi connectivity index (χ1n) is 11.6. The van der Waals surface area contributed by atoms with Crippen molar-refractivity contribution in [2.75, 3.05) is 38.1 Å². The number of hydrogen-bond donors (Lipinski definition) is 1. The predicted octanol–water partition coefficient (Wildman–Crippen LogP) is 2.50. The summed E-state index contributed by atoms with van der Waals surface area (Å²) in [4.78, 5) is 30.8. The zero-order valence-electron chi connectivity index (χ0n) is 19.1. The summed E-state index contributed by atoms with van der Waals surface area (Å²) in [5.74, 6) is -0.279. The van der Waals surface area contributed by atoms with Gasteiger partial charge in [0.1, 0.15) is 5.82 Å². The molecule has 3 aromatic rings. The molecule has 2 fully saturated rings. The van der Waals surface area contributed by atoms with Gasteiger partial charge in [-0.2, -0.15) is 4.31 Å². The minimum atomic E-state index is -3.67. The van der Waals surface area contributed by atoms with Gasteiger partial charge in [-0.1, -0.05) is 30.3 Å². The van der Waals surface area contributed by atoms with Crippen LogP contribution in [0.5, 0.6) is 0 Å². The Labute approximate surface area is 203 Å². The molecule has 9 nitrogen and oxygen atoms in total. The Kier molecular flexibility index (Phi) is 6.40. The number of nitrogens with zero attached hydrogens (tertiary/aromatic N) is 3. The molecule has 0 atom stereocenters. The van der Waals surface area contributed by atoms with Gasteiger partial charge in [0, 0.05) is 38.4 Å². The summed E-state index contributed by atoms with van der Waals surface area (Å²) >= 11 is 0. The average Bonchev–Trinajstić information content (AvgIpc) is 3.71. The Morgan fingerprint density at radius 1 is 0.971 bits per heavy atom. The number of benzene rings is 2. The number of ether oxygens (including phenoxy) is 1. The lowest BCUT2D eigenvalue weighted by atomic mass is 10.1. The smallest absolute Gasteiger partial charge is 0.340 e. The van der Waals surface area contributed by atoms with Crippen LogP contribution in [0.2, 0.25) is 0 Å². The lowest BCUT2D eigenvalue weighted by Gasteiger charge is -2.33. The summed E-state index contributed by atoms with van der Waals surface area (Å²) in [7, 11) is -3.67. The number of fused-ring (bicyclic) bond motifs is 1. The van der Waals surface area contributed by atoms with Crippen LogP contribution >= 0.6 is 0 Å². The SMILES string of the molecule is O=C(OCC(=O)N1CCN(S(=O)(=O)c2ccc3ccccc3c2)CC1)c1ccc(NC2CC2)nc1. The van der Waals surface area contributed by atoms with E-state index in [0.717, 1.165) is 23.6 Å². The van der Waals surface area contributed by atoms with Gasteiger partial charge in [0.15, 0.2) is 6.61 Å². The van der Waals surface area contributed by atoms with E-state index in [-0.39, 0.29) is 42.5 Å². The highest BCUT2D eigenvalue weighted by molar-refractivity contribution is 7.89. The highest BCUT2D eigenvalue weighted by Gasteiger charge is 2.30. The molecule has 1 saturated heterocycles. The lowest BCUT2D eigenvalue weighted by molar-refractivity contribution is -0.135. The molecule has 0 radical (unpaired) electrons. The van der Waals surface area contributed by atoms with Crippen LogP contribution < -0.4 is 5.32 Å². The second-order valence-electron chi connectivity index (χ2n) is 8.72. The minimum absolute atomic E-state index is 0.175. The number of aromatic nitrogens is 1. The van der Waals surface area contributed by atoms with E-state index in [1.165, 1.54) is 15.4 Å². The molecule has 10 heteroatoms. The Hall–Kier alpha value is -3.50. The normalized spacial score (nSPS) is 16.7. The monoisotopic (exact) mass is 494 g/mol. The number of rotatable bonds is 7. The Morgan fingerprint density at radius 3 is 2.40 bits per heavy atom. The number of pyridine rings is 1. The first-order chi connectivity index (χ1) is 16.9. The number of hydrogen-bond acceptors (Lipinski definition) is 7. The maximum absolute atomic E-state index is 13.1. The van der Waals surface area contributed by atoms with Crippen LogP contribution in [-0.2, 0) is 19.6 Å². The molecule has 1 saturated carbocycles. The van der Waals surface area contributed by atoms with E-state index in [1.54, 1.807) is 30.3 Å². The fourth-order valence-electron chi connectivity index (χ4n) is 3.99. The fraction of sp³-hybridized carbons (Fsp3) is 0.320. The van der Waals surface area contributed by atoms with Gasteiger partial charge in [-0.3, -0.25) is 4.79 Å². The van der Waals surface area contributed by atoms with E-state index in [2.05, 4.69) is 10.3 Å². The molecule has 0 unspecified atom stereocenters. The Balaban J connectivity index is 1.13. The van der Waals surface area contributed by atoms with Gasteiger partial charge in [0.05, 0.1) is 10.5 Å². The second-order valence-corrected chi connectivity index (χ2v) is 10.7. The second kappa shape index (κ2) is 9.63. The van der Waals surface area contributed by atoms with Crippen LogP contribution in [0.15, 0.2) is 65.7 Å². The van der Waals surface area contributed by atoms with Crippen molar-refractivity contribution >= 4 is 38.5 Å². The first kappa shape index (κ1) is 23.3. The Morgan fingerprint density at radius 2 is 1.71 bits per heavy atom. The molecule has 0 spiro atoms. The van der Waals surface area contributed by atoms with Crippen molar-refractivity contribution in [3.8, 4) is 0 Å². The maximum Gasteiger partial charge on any atom is 0.340 e. The molecule has 2 aliphatic rings. The number of sulfonamides is 1. The molecule has 2 heterocycles. The van der Waals surface area contributed by atoms with Crippen LogP contribution in [0, 0.1) is 0 Å². The molecule has 35 heavy (non-hydrogen) atoms. The average molecular weight is 495 g/mol. The lowest BCUT2D eigenvalue weighted by Crippen LogP contribution is -2.51. The number of nitrogens with one attached hydrogen (secondary N) is 1. The largest absolute Gasteiger partial charge is 0.452 e. The zero-order valence-corrected chi connectivity index (χ0v) is 19.9. The van der Waals surface area contributed by atoms with Gasteiger partial charge in [-0.15, -0.1) is 0 Å². The van der Waals surface area contributed by atoms with Crippen molar-refractivity contribution in [2.45, 2.75) is 23.8 Å². The molecule has 5 rings (SSSR count). The molecule has 1 aromatic heterocycles. The van der Waals surface area contributed by atoms with E-state index >= 15 is 0 Å². The van der Waals surface area contributed by atoms with E-state index in [4.69, 9.17) is 4.74 Å².